The molecule has 1 aromatic carbocycles. The topological polar surface area (TPSA) is 32.3 Å². The summed E-state index contributed by atoms with van der Waals surface area (Å²) in [5.41, 5.74) is 0.629. The molecule has 1 amide bonds. The minimum atomic E-state index is -0.0349. The summed E-state index contributed by atoms with van der Waals surface area (Å²) in [6.07, 6.45) is 0. The van der Waals surface area contributed by atoms with Gasteiger partial charge in [-0.1, -0.05) is 11.6 Å². The third-order valence-electron chi connectivity index (χ3n) is 3.02. The summed E-state index contributed by atoms with van der Waals surface area (Å²) < 4.78 is 0.747. The Kier molecular flexibility index (Phi) is 3.99. The lowest BCUT2D eigenvalue weighted by atomic mass is 10.0. The zero-order valence-electron chi connectivity index (χ0n) is 10.5. The molecule has 1 fully saturated rings. The van der Waals surface area contributed by atoms with Crippen molar-refractivity contribution in [1.29, 1.82) is 0 Å². The molecule has 3 nitrogen and oxygen atoms in total. The van der Waals surface area contributed by atoms with Crippen molar-refractivity contribution in [1.82, 2.24) is 10.2 Å². The van der Waals surface area contributed by atoms with E-state index in [0.717, 1.165) is 17.6 Å². The molecule has 0 saturated carbocycles. The highest BCUT2D eigenvalue weighted by Gasteiger charge is 2.29. The minimum Gasteiger partial charge on any atom is -0.336 e. The fourth-order valence-electron chi connectivity index (χ4n) is 2.15. The van der Waals surface area contributed by atoms with Crippen LogP contribution in [0.2, 0.25) is 5.02 Å². The fraction of sp³-hybridized carbons (Fsp3) is 0.462. The Bertz CT molecular complexity index is 476. The normalized spacial score (nSPS) is 18.8. The molecular formula is C13H16BrClN2O. The van der Waals surface area contributed by atoms with Crippen LogP contribution in [0.25, 0.3) is 0 Å². The molecule has 0 spiro atoms. The van der Waals surface area contributed by atoms with Crippen molar-refractivity contribution in [3.8, 4) is 0 Å². The van der Waals surface area contributed by atoms with Gasteiger partial charge in [0, 0.05) is 34.7 Å². The number of piperazine rings is 1. The third kappa shape index (κ3) is 3.05. The molecule has 1 aromatic rings. The van der Waals surface area contributed by atoms with E-state index in [2.05, 4.69) is 35.1 Å². The van der Waals surface area contributed by atoms with E-state index in [9.17, 15) is 4.79 Å². The van der Waals surface area contributed by atoms with E-state index in [1.54, 1.807) is 18.2 Å². The molecule has 1 heterocycles. The SMILES string of the molecule is CC1(C)CN(C(=O)c2ccc(Cl)cc2Br)CCN1. The van der Waals surface area contributed by atoms with Crippen LogP contribution in [0.15, 0.2) is 22.7 Å². The molecule has 0 atom stereocenters. The van der Waals surface area contributed by atoms with Crippen molar-refractivity contribution in [3.63, 3.8) is 0 Å². The maximum atomic E-state index is 12.4. The molecule has 0 unspecified atom stereocenters. The first-order chi connectivity index (χ1) is 8.39. The van der Waals surface area contributed by atoms with Gasteiger partial charge in [-0.25, -0.2) is 0 Å². The average Bonchev–Trinajstić information content (AvgIpc) is 2.27. The quantitative estimate of drug-likeness (QED) is 0.858. The Morgan fingerprint density at radius 3 is 2.83 bits per heavy atom. The summed E-state index contributed by atoms with van der Waals surface area (Å²) >= 11 is 9.28. The van der Waals surface area contributed by atoms with Crippen molar-refractivity contribution < 1.29 is 4.79 Å². The van der Waals surface area contributed by atoms with Gasteiger partial charge in [0.2, 0.25) is 0 Å². The largest absolute Gasteiger partial charge is 0.336 e. The van der Waals surface area contributed by atoms with Gasteiger partial charge in [0.05, 0.1) is 5.56 Å². The van der Waals surface area contributed by atoms with Crippen LogP contribution in [0.4, 0.5) is 0 Å². The first-order valence-electron chi connectivity index (χ1n) is 5.88. The Balaban J connectivity index is 2.20. The number of hydrogen-bond acceptors (Lipinski definition) is 2. The van der Waals surface area contributed by atoms with Gasteiger partial charge in [-0.2, -0.15) is 0 Å². The number of amides is 1. The van der Waals surface area contributed by atoms with Gasteiger partial charge in [0.1, 0.15) is 0 Å². The van der Waals surface area contributed by atoms with Gasteiger partial charge in [0.25, 0.3) is 5.91 Å². The van der Waals surface area contributed by atoms with Crippen LogP contribution in [-0.2, 0) is 0 Å². The minimum absolute atomic E-state index is 0.0349. The highest BCUT2D eigenvalue weighted by molar-refractivity contribution is 9.10. The lowest BCUT2D eigenvalue weighted by molar-refractivity contribution is 0.0651. The third-order valence-corrected chi connectivity index (χ3v) is 3.91. The number of nitrogens with one attached hydrogen (secondary N) is 1. The maximum absolute atomic E-state index is 12.4. The van der Waals surface area contributed by atoms with Gasteiger partial charge in [-0.3, -0.25) is 4.79 Å². The zero-order chi connectivity index (χ0) is 13.3. The Morgan fingerprint density at radius 1 is 1.50 bits per heavy atom. The van der Waals surface area contributed by atoms with Crippen molar-refractivity contribution >= 4 is 33.4 Å². The first kappa shape index (κ1) is 13.8. The Hall–Kier alpha value is -0.580. The molecule has 18 heavy (non-hydrogen) atoms. The number of carbonyl (C=O) groups excluding carboxylic acids is 1. The second kappa shape index (κ2) is 5.19. The number of halogens is 2. The second-order valence-electron chi connectivity index (χ2n) is 5.16. The van der Waals surface area contributed by atoms with E-state index in [-0.39, 0.29) is 11.4 Å². The smallest absolute Gasteiger partial charge is 0.255 e. The molecule has 0 bridgehead atoms. The summed E-state index contributed by atoms with van der Waals surface area (Å²) in [7, 11) is 0. The van der Waals surface area contributed by atoms with Crippen LogP contribution in [0.1, 0.15) is 24.2 Å². The Labute approximate surface area is 121 Å². The molecule has 1 aliphatic heterocycles. The van der Waals surface area contributed by atoms with Crippen molar-refractivity contribution in [2.75, 3.05) is 19.6 Å². The number of rotatable bonds is 1. The molecule has 2 rings (SSSR count). The van der Waals surface area contributed by atoms with E-state index < -0.39 is 0 Å². The van der Waals surface area contributed by atoms with Crippen molar-refractivity contribution in [3.05, 3.63) is 33.3 Å². The van der Waals surface area contributed by atoms with Crippen LogP contribution < -0.4 is 5.32 Å². The zero-order valence-corrected chi connectivity index (χ0v) is 12.8. The van der Waals surface area contributed by atoms with Crippen molar-refractivity contribution in [2.24, 2.45) is 0 Å². The average molecular weight is 332 g/mol. The molecule has 0 aliphatic carbocycles. The molecule has 0 radical (unpaired) electrons. The number of nitrogens with zero attached hydrogens (tertiary/aromatic N) is 1. The summed E-state index contributed by atoms with van der Waals surface area (Å²) in [5.74, 6) is 0.0492. The fourth-order valence-corrected chi connectivity index (χ4v) is 3.00. The lowest BCUT2D eigenvalue weighted by Crippen LogP contribution is -2.58. The van der Waals surface area contributed by atoms with E-state index in [1.807, 2.05) is 4.90 Å². The van der Waals surface area contributed by atoms with Crippen molar-refractivity contribution in [2.45, 2.75) is 19.4 Å². The van der Waals surface area contributed by atoms with Gasteiger partial charge in [0.15, 0.2) is 0 Å². The highest BCUT2D eigenvalue weighted by atomic mass is 79.9. The standard InChI is InChI=1S/C13H16BrClN2O/c1-13(2)8-17(6-5-16-13)12(18)10-4-3-9(15)7-11(10)14/h3-4,7,16H,5-6,8H2,1-2H3. The maximum Gasteiger partial charge on any atom is 0.255 e. The summed E-state index contributed by atoms with van der Waals surface area (Å²) in [6, 6.07) is 5.26. The van der Waals surface area contributed by atoms with Crippen LogP contribution in [0.3, 0.4) is 0 Å². The predicted molar refractivity (Wildman–Crippen MR) is 77.1 cm³/mol. The first-order valence-corrected chi connectivity index (χ1v) is 7.05. The molecule has 5 heteroatoms. The van der Waals surface area contributed by atoms with Gasteiger partial charge >= 0.3 is 0 Å². The van der Waals surface area contributed by atoms with Gasteiger partial charge in [-0.15, -0.1) is 0 Å². The number of carbonyl (C=O) groups is 1. The van der Waals surface area contributed by atoms with Crippen LogP contribution in [0.5, 0.6) is 0 Å². The summed E-state index contributed by atoms with van der Waals surface area (Å²) in [5, 5.41) is 4.02. The molecule has 1 saturated heterocycles. The second-order valence-corrected chi connectivity index (χ2v) is 6.45. The van der Waals surface area contributed by atoms with E-state index >= 15 is 0 Å². The lowest BCUT2D eigenvalue weighted by Gasteiger charge is -2.39. The predicted octanol–water partition coefficient (Wildman–Crippen LogP) is 2.93. The molecule has 1 aliphatic rings. The molecular weight excluding hydrogens is 316 g/mol. The van der Waals surface area contributed by atoms with Gasteiger partial charge < -0.3 is 10.2 Å². The van der Waals surface area contributed by atoms with E-state index in [4.69, 9.17) is 11.6 Å². The number of hydrogen-bond donors (Lipinski definition) is 1. The van der Waals surface area contributed by atoms with E-state index in [0.29, 0.717) is 17.1 Å². The Morgan fingerprint density at radius 2 is 2.22 bits per heavy atom. The molecule has 1 N–H and O–H groups in total. The molecule has 0 aromatic heterocycles. The van der Waals surface area contributed by atoms with E-state index in [1.165, 1.54) is 0 Å². The van der Waals surface area contributed by atoms with Gasteiger partial charge in [-0.05, 0) is 48.0 Å². The van der Waals surface area contributed by atoms with Crippen LogP contribution in [0, 0.1) is 0 Å². The highest BCUT2D eigenvalue weighted by Crippen LogP contribution is 2.24. The monoisotopic (exact) mass is 330 g/mol. The summed E-state index contributed by atoms with van der Waals surface area (Å²) in [4.78, 5) is 14.3. The number of benzene rings is 1. The van der Waals surface area contributed by atoms with Crippen LogP contribution >= 0.6 is 27.5 Å². The summed E-state index contributed by atoms with van der Waals surface area (Å²) in [6.45, 7) is 6.47. The molecule has 98 valence electrons. The van der Waals surface area contributed by atoms with Crippen LogP contribution in [-0.4, -0.2) is 36.0 Å².